The number of rotatable bonds is 4. The molecular formula is C21H22N2O3S. The standard InChI is InChI=1S/C21H22N2O3S/c1-14-12-19(15-8-10-17(11-9-15)27(4,25)26)22-21-16(6-5-7-18(14)21)13-20(24)23(2)3/h5-12H,13H2,1-4H3. The topological polar surface area (TPSA) is 67.3 Å². The summed E-state index contributed by atoms with van der Waals surface area (Å²) in [5.41, 5.74) is 4.33. The number of sulfone groups is 1. The van der Waals surface area contributed by atoms with Gasteiger partial charge in [0, 0.05) is 31.3 Å². The Morgan fingerprint density at radius 1 is 1.07 bits per heavy atom. The van der Waals surface area contributed by atoms with Crippen molar-refractivity contribution in [1.29, 1.82) is 0 Å². The summed E-state index contributed by atoms with van der Waals surface area (Å²) in [5.74, 6) is 0.0184. The Balaban J connectivity index is 2.11. The number of carbonyl (C=O) groups is 1. The summed E-state index contributed by atoms with van der Waals surface area (Å²) in [6.07, 6.45) is 1.47. The van der Waals surface area contributed by atoms with Gasteiger partial charge >= 0.3 is 0 Å². The molecule has 0 aliphatic heterocycles. The fourth-order valence-electron chi connectivity index (χ4n) is 2.96. The van der Waals surface area contributed by atoms with Crippen molar-refractivity contribution in [2.45, 2.75) is 18.2 Å². The predicted molar refractivity (Wildman–Crippen MR) is 107 cm³/mol. The SMILES string of the molecule is Cc1cc(-c2ccc(S(C)(=O)=O)cc2)nc2c(CC(=O)N(C)C)cccc12. The van der Waals surface area contributed by atoms with Crippen LogP contribution in [-0.4, -0.2) is 44.6 Å². The number of hydrogen-bond acceptors (Lipinski definition) is 4. The Labute approximate surface area is 159 Å². The average Bonchev–Trinajstić information content (AvgIpc) is 2.61. The minimum atomic E-state index is -3.24. The molecule has 0 aliphatic rings. The molecule has 1 heterocycles. The molecule has 0 N–H and O–H groups in total. The number of nitrogens with zero attached hydrogens (tertiary/aromatic N) is 2. The van der Waals surface area contributed by atoms with E-state index in [9.17, 15) is 13.2 Å². The molecular weight excluding hydrogens is 360 g/mol. The van der Waals surface area contributed by atoms with Gasteiger partial charge in [0.25, 0.3) is 0 Å². The van der Waals surface area contributed by atoms with Gasteiger partial charge in [-0.1, -0.05) is 30.3 Å². The lowest BCUT2D eigenvalue weighted by molar-refractivity contribution is -0.127. The van der Waals surface area contributed by atoms with Crippen molar-refractivity contribution in [2.24, 2.45) is 0 Å². The smallest absolute Gasteiger partial charge is 0.226 e. The molecule has 0 atom stereocenters. The second-order valence-electron chi connectivity index (χ2n) is 6.90. The maximum Gasteiger partial charge on any atom is 0.226 e. The van der Waals surface area contributed by atoms with Crippen molar-refractivity contribution in [3.8, 4) is 11.3 Å². The van der Waals surface area contributed by atoms with Gasteiger partial charge in [-0.15, -0.1) is 0 Å². The van der Waals surface area contributed by atoms with E-state index in [1.165, 1.54) is 6.26 Å². The molecule has 0 saturated carbocycles. The van der Waals surface area contributed by atoms with Gasteiger partial charge in [-0.3, -0.25) is 4.79 Å². The van der Waals surface area contributed by atoms with Crippen molar-refractivity contribution >= 4 is 26.6 Å². The Hall–Kier alpha value is -2.73. The normalized spacial score (nSPS) is 11.6. The molecule has 0 aliphatic carbocycles. The summed E-state index contributed by atoms with van der Waals surface area (Å²) < 4.78 is 23.3. The van der Waals surface area contributed by atoms with Gasteiger partial charge in [-0.25, -0.2) is 13.4 Å². The number of pyridine rings is 1. The second kappa shape index (κ2) is 7.12. The van der Waals surface area contributed by atoms with Crippen molar-refractivity contribution in [3.63, 3.8) is 0 Å². The predicted octanol–water partition coefficient (Wildman–Crippen LogP) is 3.24. The molecule has 5 nitrogen and oxygen atoms in total. The van der Waals surface area contributed by atoms with E-state index in [-0.39, 0.29) is 17.2 Å². The van der Waals surface area contributed by atoms with Crippen molar-refractivity contribution in [2.75, 3.05) is 20.4 Å². The van der Waals surface area contributed by atoms with Crippen LogP contribution in [0.1, 0.15) is 11.1 Å². The molecule has 27 heavy (non-hydrogen) atoms. The molecule has 0 radical (unpaired) electrons. The van der Waals surface area contributed by atoms with E-state index in [2.05, 4.69) is 0 Å². The van der Waals surface area contributed by atoms with Gasteiger partial charge < -0.3 is 4.90 Å². The molecule has 3 rings (SSSR count). The summed E-state index contributed by atoms with van der Waals surface area (Å²) >= 11 is 0. The molecule has 1 amide bonds. The highest BCUT2D eigenvalue weighted by atomic mass is 32.2. The van der Waals surface area contributed by atoms with Crippen molar-refractivity contribution in [1.82, 2.24) is 9.88 Å². The van der Waals surface area contributed by atoms with Crippen LogP contribution in [0.25, 0.3) is 22.2 Å². The van der Waals surface area contributed by atoms with Crippen LogP contribution < -0.4 is 0 Å². The van der Waals surface area contributed by atoms with E-state index in [0.29, 0.717) is 0 Å². The van der Waals surface area contributed by atoms with Gasteiger partial charge in [-0.05, 0) is 36.2 Å². The van der Waals surface area contributed by atoms with E-state index in [4.69, 9.17) is 4.98 Å². The lowest BCUT2D eigenvalue weighted by atomic mass is 10.0. The largest absolute Gasteiger partial charge is 0.349 e. The number of para-hydroxylation sites is 1. The van der Waals surface area contributed by atoms with Crippen molar-refractivity contribution < 1.29 is 13.2 Å². The Kier molecular flexibility index (Phi) is 5.02. The van der Waals surface area contributed by atoms with E-state index in [1.807, 2.05) is 31.2 Å². The molecule has 0 fully saturated rings. The summed E-state index contributed by atoms with van der Waals surface area (Å²) in [7, 11) is 0.239. The number of likely N-dealkylation sites (N-methyl/N-ethyl adjacent to an activating group) is 1. The number of benzene rings is 2. The second-order valence-corrected chi connectivity index (χ2v) is 8.91. The van der Waals surface area contributed by atoms with Crippen molar-refractivity contribution in [3.05, 3.63) is 59.7 Å². The van der Waals surface area contributed by atoms with Crippen LogP contribution >= 0.6 is 0 Å². The minimum absolute atomic E-state index is 0.0184. The number of amides is 1. The molecule has 3 aromatic rings. The van der Waals surface area contributed by atoms with Crippen LogP contribution in [0.3, 0.4) is 0 Å². The fraction of sp³-hybridized carbons (Fsp3) is 0.238. The molecule has 0 spiro atoms. The summed E-state index contributed by atoms with van der Waals surface area (Å²) in [6.45, 7) is 2.01. The zero-order valence-electron chi connectivity index (χ0n) is 15.9. The molecule has 0 bridgehead atoms. The quantitative estimate of drug-likeness (QED) is 0.695. The number of hydrogen-bond donors (Lipinski definition) is 0. The monoisotopic (exact) mass is 382 g/mol. The lowest BCUT2D eigenvalue weighted by Crippen LogP contribution is -2.23. The molecule has 140 valence electrons. The highest BCUT2D eigenvalue weighted by molar-refractivity contribution is 7.90. The van der Waals surface area contributed by atoms with Gasteiger partial charge in [0.2, 0.25) is 5.91 Å². The van der Waals surface area contributed by atoms with Crippen LogP contribution in [-0.2, 0) is 21.1 Å². The highest BCUT2D eigenvalue weighted by Crippen LogP contribution is 2.27. The average molecular weight is 382 g/mol. The first-order valence-electron chi connectivity index (χ1n) is 8.56. The first kappa shape index (κ1) is 19.0. The van der Waals surface area contributed by atoms with Gasteiger partial charge in [-0.2, -0.15) is 0 Å². The first-order chi connectivity index (χ1) is 12.7. The Morgan fingerprint density at radius 3 is 2.33 bits per heavy atom. The van der Waals surface area contributed by atoms with Crippen LogP contribution in [0, 0.1) is 6.92 Å². The summed E-state index contributed by atoms with van der Waals surface area (Å²) in [4.78, 5) is 18.8. The highest BCUT2D eigenvalue weighted by Gasteiger charge is 2.13. The maximum absolute atomic E-state index is 12.2. The lowest BCUT2D eigenvalue weighted by Gasteiger charge is -2.13. The Bertz CT molecular complexity index is 1120. The van der Waals surface area contributed by atoms with Gasteiger partial charge in [0.1, 0.15) is 0 Å². The number of aromatic nitrogens is 1. The van der Waals surface area contributed by atoms with Crippen LogP contribution in [0.15, 0.2) is 53.4 Å². The van der Waals surface area contributed by atoms with Gasteiger partial charge in [0.15, 0.2) is 9.84 Å². The third kappa shape index (κ3) is 4.01. The van der Waals surface area contributed by atoms with E-state index >= 15 is 0 Å². The van der Waals surface area contributed by atoms with E-state index < -0.39 is 9.84 Å². The summed E-state index contributed by atoms with van der Waals surface area (Å²) in [6, 6.07) is 14.5. The number of carbonyl (C=O) groups excluding carboxylic acids is 1. The fourth-order valence-corrected chi connectivity index (χ4v) is 3.59. The minimum Gasteiger partial charge on any atom is -0.349 e. The summed E-state index contributed by atoms with van der Waals surface area (Å²) in [5, 5.41) is 1.01. The third-order valence-electron chi connectivity index (χ3n) is 4.55. The number of aryl methyl sites for hydroxylation is 1. The van der Waals surface area contributed by atoms with E-state index in [1.54, 1.807) is 43.3 Å². The first-order valence-corrected chi connectivity index (χ1v) is 10.5. The molecule has 1 aromatic heterocycles. The third-order valence-corrected chi connectivity index (χ3v) is 5.68. The number of fused-ring (bicyclic) bond motifs is 1. The maximum atomic E-state index is 12.2. The van der Waals surface area contributed by atoms with E-state index in [0.717, 1.165) is 33.3 Å². The molecule has 6 heteroatoms. The Morgan fingerprint density at radius 2 is 1.74 bits per heavy atom. The molecule has 2 aromatic carbocycles. The zero-order valence-corrected chi connectivity index (χ0v) is 16.7. The van der Waals surface area contributed by atoms with Crippen LogP contribution in [0.5, 0.6) is 0 Å². The van der Waals surface area contributed by atoms with Crippen LogP contribution in [0.4, 0.5) is 0 Å². The molecule has 0 unspecified atom stereocenters. The zero-order chi connectivity index (χ0) is 19.8. The van der Waals surface area contributed by atoms with Crippen LogP contribution in [0.2, 0.25) is 0 Å². The van der Waals surface area contributed by atoms with Gasteiger partial charge in [0.05, 0.1) is 22.5 Å². The molecule has 0 saturated heterocycles.